The number of likely N-dealkylation sites (N-methyl/N-ethyl adjacent to an activating group) is 1. The molecule has 0 aliphatic carbocycles. The molecule has 0 radical (unpaired) electrons. The molecule has 1 aromatic carbocycles. The second kappa shape index (κ2) is 5.18. The van der Waals surface area contributed by atoms with Crippen LogP contribution in [-0.2, 0) is 0 Å². The number of nitrogen functional groups attached to an aromatic ring is 1. The number of nitrogens with zero attached hydrogens (tertiary/aromatic N) is 2. The Hall–Kier alpha value is -1.82. The van der Waals surface area contributed by atoms with Crippen LogP contribution in [0.15, 0.2) is 12.1 Å². The predicted octanol–water partition coefficient (Wildman–Crippen LogP) is 1.78. The van der Waals surface area contributed by atoms with Gasteiger partial charge in [-0.15, -0.1) is 0 Å². The van der Waals surface area contributed by atoms with Crippen molar-refractivity contribution >= 4 is 17.3 Å². The summed E-state index contributed by atoms with van der Waals surface area (Å²) in [5.41, 5.74) is 5.78. The third-order valence-corrected chi connectivity index (χ3v) is 4.87. The summed E-state index contributed by atoms with van der Waals surface area (Å²) >= 11 is 0. The molecule has 1 aromatic rings. The number of halogens is 1. The fraction of sp³-hybridized carbons (Fsp3) is 0.533. The predicted molar refractivity (Wildman–Crippen MR) is 79.2 cm³/mol. The molecule has 3 N–H and O–H groups in total. The first kappa shape index (κ1) is 14.1. The highest BCUT2D eigenvalue weighted by Crippen LogP contribution is 2.34. The summed E-state index contributed by atoms with van der Waals surface area (Å²) in [7, 11) is 2.13. The van der Waals surface area contributed by atoms with Gasteiger partial charge >= 0.3 is 5.97 Å². The Bertz CT molecular complexity index is 578. The molecule has 2 unspecified atom stereocenters. The van der Waals surface area contributed by atoms with Crippen LogP contribution in [0.1, 0.15) is 29.6 Å². The third-order valence-electron chi connectivity index (χ3n) is 4.87. The highest BCUT2D eigenvalue weighted by atomic mass is 19.1. The molecule has 0 saturated carbocycles. The molecular formula is C15H20FN3O2. The average molecular weight is 293 g/mol. The van der Waals surface area contributed by atoms with E-state index >= 15 is 0 Å². The standard InChI is InChI=1S/C15H20FN3O2/c1-18-9-2-3-10(18)8-19(7-6-9)12-5-4-11(16)14(17)13(12)15(20)21/h4-5,9-10H,2-3,6-8,17H2,1H3,(H,20,21). The minimum atomic E-state index is -1.18. The van der Waals surface area contributed by atoms with Gasteiger partial charge in [0.05, 0.1) is 11.4 Å². The molecule has 0 spiro atoms. The van der Waals surface area contributed by atoms with E-state index in [9.17, 15) is 14.3 Å². The fourth-order valence-electron chi connectivity index (χ4n) is 3.60. The smallest absolute Gasteiger partial charge is 0.340 e. The summed E-state index contributed by atoms with van der Waals surface area (Å²) in [6.07, 6.45) is 3.31. The Morgan fingerprint density at radius 1 is 1.33 bits per heavy atom. The van der Waals surface area contributed by atoms with Gasteiger partial charge in [-0.05, 0) is 38.4 Å². The molecule has 2 fully saturated rings. The van der Waals surface area contributed by atoms with Crippen molar-refractivity contribution in [1.29, 1.82) is 0 Å². The zero-order valence-corrected chi connectivity index (χ0v) is 12.1. The van der Waals surface area contributed by atoms with Crippen molar-refractivity contribution in [3.63, 3.8) is 0 Å². The maximum absolute atomic E-state index is 13.6. The third kappa shape index (κ3) is 2.33. The lowest BCUT2D eigenvalue weighted by Crippen LogP contribution is -2.37. The van der Waals surface area contributed by atoms with Crippen LogP contribution in [0, 0.1) is 5.82 Å². The van der Waals surface area contributed by atoms with Gasteiger partial charge in [0.1, 0.15) is 11.4 Å². The van der Waals surface area contributed by atoms with Gasteiger partial charge in [0, 0.05) is 25.2 Å². The van der Waals surface area contributed by atoms with E-state index in [4.69, 9.17) is 5.73 Å². The van der Waals surface area contributed by atoms with Gasteiger partial charge in [-0.1, -0.05) is 0 Å². The maximum atomic E-state index is 13.6. The van der Waals surface area contributed by atoms with Gasteiger partial charge in [0.25, 0.3) is 0 Å². The summed E-state index contributed by atoms with van der Waals surface area (Å²) in [5.74, 6) is -1.85. The summed E-state index contributed by atoms with van der Waals surface area (Å²) in [4.78, 5) is 15.9. The molecule has 0 aromatic heterocycles. The normalized spacial score (nSPS) is 25.9. The topological polar surface area (TPSA) is 69.8 Å². The van der Waals surface area contributed by atoms with Crippen LogP contribution in [-0.4, -0.2) is 48.2 Å². The molecule has 21 heavy (non-hydrogen) atoms. The number of aromatic carboxylic acids is 1. The first-order valence-corrected chi connectivity index (χ1v) is 7.27. The lowest BCUT2D eigenvalue weighted by molar-refractivity contribution is 0.0698. The first-order valence-electron chi connectivity index (χ1n) is 7.27. The molecule has 0 amide bonds. The largest absolute Gasteiger partial charge is 0.478 e. The van der Waals surface area contributed by atoms with Gasteiger partial charge in [0.2, 0.25) is 0 Å². The number of nitrogens with two attached hydrogens (primary N) is 1. The lowest BCUT2D eigenvalue weighted by Gasteiger charge is -2.29. The molecule has 2 aliphatic heterocycles. The van der Waals surface area contributed by atoms with Crippen molar-refractivity contribution in [2.24, 2.45) is 0 Å². The molecule has 2 aliphatic rings. The van der Waals surface area contributed by atoms with Crippen molar-refractivity contribution in [3.8, 4) is 0 Å². The van der Waals surface area contributed by atoms with Gasteiger partial charge in [-0.25, -0.2) is 9.18 Å². The Labute approximate surface area is 123 Å². The second-order valence-electron chi connectivity index (χ2n) is 5.95. The van der Waals surface area contributed by atoms with Crippen LogP contribution in [0.4, 0.5) is 15.8 Å². The quantitative estimate of drug-likeness (QED) is 0.813. The van der Waals surface area contributed by atoms with E-state index < -0.39 is 11.8 Å². The van der Waals surface area contributed by atoms with Crippen LogP contribution >= 0.6 is 0 Å². The van der Waals surface area contributed by atoms with Crippen molar-refractivity contribution < 1.29 is 14.3 Å². The van der Waals surface area contributed by atoms with Crippen LogP contribution in [0.3, 0.4) is 0 Å². The minimum absolute atomic E-state index is 0.115. The Kier molecular flexibility index (Phi) is 3.49. The maximum Gasteiger partial charge on any atom is 0.340 e. The van der Waals surface area contributed by atoms with Crippen LogP contribution in [0.5, 0.6) is 0 Å². The van der Waals surface area contributed by atoms with Crippen LogP contribution < -0.4 is 10.6 Å². The Morgan fingerprint density at radius 2 is 2.05 bits per heavy atom. The molecule has 2 heterocycles. The van der Waals surface area contributed by atoms with Crippen LogP contribution in [0.2, 0.25) is 0 Å². The zero-order chi connectivity index (χ0) is 15.1. The van der Waals surface area contributed by atoms with E-state index in [1.807, 2.05) is 4.90 Å². The average Bonchev–Trinajstić information content (AvgIpc) is 2.66. The Balaban J connectivity index is 1.97. The molecule has 2 atom stereocenters. The number of benzene rings is 1. The summed E-state index contributed by atoms with van der Waals surface area (Å²) in [6.45, 7) is 1.54. The highest BCUT2D eigenvalue weighted by Gasteiger charge is 2.35. The number of hydrogen-bond acceptors (Lipinski definition) is 4. The monoisotopic (exact) mass is 293 g/mol. The molecule has 6 heteroatoms. The summed E-state index contributed by atoms with van der Waals surface area (Å²) < 4.78 is 13.6. The van der Waals surface area contributed by atoms with Gasteiger partial charge in [-0.3, -0.25) is 4.90 Å². The van der Waals surface area contributed by atoms with E-state index in [-0.39, 0.29) is 11.3 Å². The number of hydrogen-bond donors (Lipinski definition) is 2. The number of carboxylic acids is 1. The van der Waals surface area contributed by atoms with E-state index in [1.54, 1.807) is 0 Å². The SMILES string of the molecule is CN1C2CCC1CN(c1ccc(F)c(N)c1C(=O)O)CC2. The van der Waals surface area contributed by atoms with Crippen LogP contribution in [0.25, 0.3) is 0 Å². The van der Waals surface area contributed by atoms with Crippen molar-refractivity contribution in [1.82, 2.24) is 4.90 Å². The second-order valence-corrected chi connectivity index (χ2v) is 5.95. The minimum Gasteiger partial charge on any atom is -0.478 e. The zero-order valence-electron chi connectivity index (χ0n) is 12.1. The number of carbonyl (C=O) groups is 1. The molecular weight excluding hydrogens is 273 g/mol. The highest BCUT2D eigenvalue weighted by molar-refractivity contribution is 6.00. The van der Waals surface area contributed by atoms with E-state index in [0.29, 0.717) is 17.8 Å². The van der Waals surface area contributed by atoms with Crippen molar-refractivity contribution in [2.75, 3.05) is 30.8 Å². The fourth-order valence-corrected chi connectivity index (χ4v) is 3.60. The molecule has 5 nitrogen and oxygen atoms in total. The Morgan fingerprint density at radius 3 is 2.76 bits per heavy atom. The van der Waals surface area contributed by atoms with E-state index in [1.165, 1.54) is 18.6 Å². The van der Waals surface area contributed by atoms with Gasteiger partial charge in [-0.2, -0.15) is 0 Å². The molecule has 2 bridgehead atoms. The summed E-state index contributed by atoms with van der Waals surface area (Å²) in [6, 6.07) is 3.77. The number of rotatable bonds is 2. The van der Waals surface area contributed by atoms with Gasteiger partial charge in [0.15, 0.2) is 0 Å². The van der Waals surface area contributed by atoms with E-state index in [0.717, 1.165) is 25.9 Å². The number of fused-ring (bicyclic) bond motifs is 2. The van der Waals surface area contributed by atoms with Gasteiger partial charge < -0.3 is 15.7 Å². The number of anilines is 2. The van der Waals surface area contributed by atoms with Crippen molar-refractivity contribution in [3.05, 3.63) is 23.5 Å². The van der Waals surface area contributed by atoms with Crippen molar-refractivity contribution in [2.45, 2.75) is 31.3 Å². The molecule has 114 valence electrons. The summed E-state index contributed by atoms with van der Waals surface area (Å²) in [5, 5.41) is 9.37. The molecule has 2 saturated heterocycles. The lowest BCUT2D eigenvalue weighted by atomic mass is 10.0. The number of carboxylic acid groups (broad SMARTS) is 1. The van der Waals surface area contributed by atoms with E-state index in [2.05, 4.69) is 11.9 Å². The first-order chi connectivity index (χ1) is 9.99. The molecule has 3 rings (SSSR count).